The maximum Gasteiger partial charge on any atom is 0.230 e. The van der Waals surface area contributed by atoms with Gasteiger partial charge in [-0.1, -0.05) is 0 Å². The van der Waals surface area contributed by atoms with Crippen LogP contribution in [-0.2, 0) is 12.6 Å². The van der Waals surface area contributed by atoms with E-state index in [1.54, 1.807) is 5.73 Å². The lowest BCUT2D eigenvalue weighted by molar-refractivity contribution is -0.402. The van der Waals surface area contributed by atoms with Crippen molar-refractivity contribution in [3.63, 3.8) is 0 Å². The zero-order chi connectivity index (χ0) is 6.57. The van der Waals surface area contributed by atoms with E-state index in [1.165, 1.54) is 0 Å². The van der Waals surface area contributed by atoms with E-state index in [0.717, 1.165) is 0 Å². The van der Waals surface area contributed by atoms with Gasteiger partial charge >= 0.3 is 0 Å². The van der Waals surface area contributed by atoms with E-state index in [-0.39, 0.29) is 5.03 Å². The van der Waals surface area contributed by atoms with Crippen molar-refractivity contribution in [2.45, 2.75) is 0 Å². The minimum Gasteiger partial charge on any atom is -0.757 e. The summed E-state index contributed by atoms with van der Waals surface area (Å²) >= 11 is 4.24. The van der Waals surface area contributed by atoms with Crippen LogP contribution in [0.25, 0.3) is 0 Å². The third-order valence-electron chi connectivity index (χ3n) is 0.223. The third kappa shape index (κ3) is 5.16. The molecule has 0 aliphatic rings. The van der Waals surface area contributed by atoms with Crippen molar-refractivity contribution in [3.8, 4) is 0 Å². The topological polar surface area (TPSA) is 69.2 Å². The van der Waals surface area contributed by atoms with E-state index >= 15 is 0 Å². The Morgan fingerprint density at radius 3 is 3.00 bits per heavy atom. The van der Waals surface area contributed by atoms with Crippen molar-refractivity contribution < 1.29 is 6.34 Å². The first-order valence-corrected chi connectivity index (χ1v) is 1.77. The molecule has 0 aliphatic heterocycles. The molecule has 0 fully saturated rings. The van der Waals surface area contributed by atoms with Crippen molar-refractivity contribution in [1.82, 2.24) is 0 Å². The van der Waals surface area contributed by atoms with Gasteiger partial charge in [0.1, 0.15) is 0 Å². The molecule has 0 aromatic rings. The Kier molecular flexibility index (Phi) is 1.45. The Bertz CT molecular complexity index is 125. The number of nitro groups is 1. The molecule has 0 unspecified atom stereocenters. The normalized spacial score (nSPS) is 12.6. The second kappa shape index (κ2) is 2.35. The minimum atomic E-state index is -0.718. The molecule has 40 valence electrons. The second-order valence-electron chi connectivity index (χ2n) is 0.779. The lowest BCUT2D eigenvalue weighted by Crippen LogP contribution is -1.95. The molecule has 7 heavy (non-hydrogen) atoms. The van der Waals surface area contributed by atoms with Crippen molar-refractivity contribution >= 4 is 12.6 Å². The average Bonchev–Trinajstić information content (AvgIpc) is 1.65. The van der Waals surface area contributed by atoms with Crippen LogP contribution in [0.5, 0.6) is 0 Å². The molecule has 0 heterocycles. The molecule has 5 heteroatoms. The molecule has 0 amide bonds. The molecule has 0 aromatic carbocycles. The van der Waals surface area contributed by atoms with E-state index in [0.29, 0.717) is 6.20 Å². The van der Waals surface area contributed by atoms with Crippen molar-refractivity contribution in [2.75, 3.05) is 0 Å². The van der Waals surface area contributed by atoms with Gasteiger partial charge in [-0.15, -0.1) is 0 Å². The van der Waals surface area contributed by atoms with E-state index in [4.69, 9.17) is 1.41 Å². The number of rotatable bonds is 2. The summed E-state index contributed by atoms with van der Waals surface area (Å²) in [7, 11) is 0. The summed E-state index contributed by atoms with van der Waals surface area (Å²) in [6.07, 6.45) is 0.544. The highest BCUT2D eigenvalue weighted by Crippen LogP contribution is 1.75. The summed E-state index contributed by atoms with van der Waals surface area (Å²) < 4.78 is 6.28. The van der Waals surface area contributed by atoms with Crippen LogP contribution in [0.1, 0.15) is 0 Å². The van der Waals surface area contributed by atoms with Crippen LogP contribution in [0.2, 0.25) is 1.41 Å². The van der Waals surface area contributed by atoms with Gasteiger partial charge in [-0.3, -0.25) is 10.1 Å². The van der Waals surface area contributed by atoms with Gasteiger partial charge in [-0.05, 0) is 5.03 Å². The van der Waals surface area contributed by atoms with Gasteiger partial charge in [0.15, 0.2) is 1.41 Å². The summed E-state index contributed by atoms with van der Waals surface area (Å²) in [5, 5.41) is 9.31. The molecule has 4 nitrogen and oxygen atoms in total. The van der Waals surface area contributed by atoms with Gasteiger partial charge in [0, 0.05) is 0 Å². The molecule has 0 radical (unpaired) electrons. The molecule has 0 rings (SSSR count). The van der Waals surface area contributed by atoms with Crippen molar-refractivity contribution in [2.24, 2.45) is 5.73 Å². The van der Waals surface area contributed by atoms with E-state index in [1.807, 2.05) is 0 Å². The highest BCUT2D eigenvalue weighted by atomic mass is 32.1. The summed E-state index contributed by atoms with van der Waals surface area (Å²) in [4.78, 5) is 8.79. The zero-order valence-electron chi connectivity index (χ0n) is 4.25. The molecular formula is C2H3N2O2S-. The maximum absolute atomic E-state index is 9.51. The van der Waals surface area contributed by atoms with Gasteiger partial charge in [-0.2, -0.15) is 0 Å². The highest BCUT2D eigenvalue weighted by Gasteiger charge is 1.77. The van der Waals surface area contributed by atoms with Crippen molar-refractivity contribution in [3.05, 3.63) is 21.3 Å². The summed E-state index contributed by atoms with van der Waals surface area (Å²) in [6.45, 7) is 0. The Balaban J connectivity index is 3.75. The van der Waals surface area contributed by atoms with E-state index < -0.39 is 4.92 Å². The second-order valence-corrected chi connectivity index (χ2v) is 1.22. The highest BCUT2D eigenvalue weighted by molar-refractivity contribution is 7.63. The molecule has 0 saturated heterocycles. The first kappa shape index (κ1) is 4.32. The van der Waals surface area contributed by atoms with Crippen LogP contribution < -0.4 is 5.73 Å². The number of nitrogens with zero attached hydrogens (tertiary/aromatic N) is 1. The zero-order valence-corrected chi connectivity index (χ0v) is 4.07. The number of hydrogen-bond donors (Lipinski definition) is 1. The first-order valence-electron chi connectivity index (χ1n) is 1.87. The minimum absolute atomic E-state index is 0.199. The summed E-state index contributed by atoms with van der Waals surface area (Å²) in [5.41, 5.74) is 1.68. The first-order chi connectivity index (χ1) is 3.66. The van der Waals surface area contributed by atoms with Crippen LogP contribution in [0.15, 0.2) is 11.2 Å². The number of hydrogen-bond acceptors (Lipinski definition) is 4. The van der Waals surface area contributed by atoms with Gasteiger partial charge in [0.05, 0.1) is 4.92 Å². The summed E-state index contributed by atoms with van der Waals surface area (Å²) in [5.74, 6) is 0. The Labute approximate surface area is 47.0 Å². The Morgan fingerprint density at radius 1 is 2.29 bits per heavy atom. The Hall–Kier alpha value is -0.840. The third-order valence-corrected chi connectivity index (χ3v) is 0.328. The van der Waals surface area contributed by atoms with Crippen LogP contribution >= 0.6 is 0 Å². The Morgan fingerprint density at radius 2 is 2.86 bits per heavy atom. The standard InChI is InChI=1S/C2H4N2O2S/c3-2(7)1-4(5)6/h1,7H,3H2/p-1/b2-1-/i/hD. The quantitative estimate of drug-likeness (QED) is 0.305. The molecule has 2 N–H and O–H groups in total. The average molecular weight is 120 g/mol. The molecule has 0 saturated carbocycles. The predicted molar refractivity (Wildman–Crippen MR) is 26.6 cm³/mol. The van der Waals surface area contributed by atoms with Gasteiger partial charge in [0.25, 0.3) is 0 Å². The molecule has 0 bridgehead atoms. The lowest BCUT2D eigenvalue weighted by atomic mass is 10.9. The number of nitrogens with two attached hydrogens (primary N) is 1. The molecule has 0 spiro atoms. The smallest absolute Gasteiger partial charge is 0.230 e. The van der Waals surface area contributed by atoms with Gasteiger partial charge < -0.3 is 18.4 Å². The van der Waals surface area contributed by atoms with Crippen LogP contribution in [0.4, 0.5) is 0 Å². The van der Waals surface area contributed by atoms with E-state index in [9.17, 15) is 10.1 Å². The largest absolute Gasteiger partial charge is 0.757 e. The van der Waals surface area contributed by atoms with E-state index in [2.05, 4.69) is 12.6 Å². The molecular weight excluding hydrogens is 116 g/mol. The molecule has 0 atom stereocenters. The maximum atomic E-state index is 9.51. The fourth-order valence-corrected chi connectivity index (χ4v) is 0.182. The van der Waals surface area contributed by atoms with Crippen LogP contribution in [-0.4, -0.2) is 4.92 Å². The molecule has 0 aliphatic carbocycles. The van der Waals surface area contributed by atoms with Gasteiger partial charge in [0.2, 0.25) is 6.20 Å². The summed E-state index contributed by atoms with van der Waals surface area (Å²) in [6, 6.07) is 0. The van der Waals surface area contributed by atoms with Crippen LogP contribution in [0.3, 0.4) is 0 Å². The fourth-order valence-electron chi connectivity index (χ4n) is 0.0957. The SMILES string of the molecule is [2H]N/C([S-])=C/[N+](=O)[O-]. The van der Waals surface area contributed by atoms with Crippen molar-refractivity contribution in [1.29, 1.82) is 0 Å². The molecule has 0 aromatic heterocycles. The lowest BCUT2D eigenvalue weighted by Gasteiger charge is -1.94. The fraction of sp³-hybridized carbons (Fsp3) is 0. The van der Waals surface area contributed by atoms with Gasteiger partial charge in [-0.25, -0.2) is 0 Å². The van der Waals surface area contributed by atoms with Crippen LogP contribution in [0, 0.1) is 10.1 Å². The predicted octanol–water partition coefficient (Wildman–Crippen LogP) is -0.432. The monoisotopic (exact) mass is 120 g/mol.